The van der Waals surface area contributed by atoms with Crippen molar-refractivity contribution in [1.29, 1.82) is 0 Å². The molecule has 1 saturated heterocycles. The molecule has 31 heavy (non-hydrogen) atoms. The van der Waals surface area contributed by atoms with Crippen molar-refractivity contribution in [3.63, 3.8) is 0 Å². The molecular weight excluding hydrogens is 410 g/mol. The summed E-state index contributed by atoms with van der Waals surface area (Å²) in [6, 6.07) is 19.3. The van der Waals surface area contributed by atoms with Crippen LogP contribution in [0.25, 0.3) is 21.0 Å². The number of aromatic nitrogens is 1. The summed E-state index contributed by atoms with van der Waals surface area (Å²) in [5.74, 6) is 0.782. The SMILES string of the molecule is O=C(NCc1cccc(CN2CCCC2=O)c1)c1ccc(-c2nc3ccccc3s2)o1. The molecule has 1 N–H and O–H groups in total. The molecule has 0 bridgehead atoms. The van der Waals surface area contributed by atoms with Crippen molar-refractivity contribution in [2.45, 2.75) is 25.9 Å². The molecule has 7 heteroatoms. The number of likely N-dealkylation sites (tertiary alicyclic amines) is 1. The number of hydrogen-bond acceptors (Lipinski definition) is 5. The maximum Gasteiger partial charge on any atom is 0.287 e. The van der Waals surface area contributed by atoms with Crippen LogP contribution in [-0.2, 0) is 17.9 Å². The molecule has 0 aliphatic carbocycles. The second-order valence-corrected chi connectivity index (χ2v) is 8.60. The first kappa shape index (κ1) is 19.5. The van der Waals surface area contributed by atoms with Gasteiger partial charge in [-0.25, -0.2) is 4.98 Å². The van der Waals surface area contributed by atoms with Crippen LogP contribution in [0.15, 0.2) is 65.1 Å². The van der Waals surface area contributed by atoms with Crippen LogP contribution in [0.3, 0.4) is 0 Å². The lowest BCUT2D eigenvalue weighted by molar-refractivity contribution is -0.128. The van der Waals surface area contributed by atoms with E-state index in [1.165, 1.54) is 11.3 Å². The van der Waals surface area contributed by atoms with Gasteiger partial charge in [0.15, 0.2) is 16.5 Å². The van der Waals surface area contributed by atoms with Gasteiger partial charge in [0.2, 0.25) is 5.91 Å². The summed E-state index contributed by atoms with van der Waals surface area (Å²) in [4.78, 5) is 30.9. The Morgan fingerprint density at radius 1 is 1.10 bits per heavy atom. The quantitative estimate of drug-likeness (QED) is 0.484. The Morgan fingerprint density at radius 3 is 2.81 bits per heavy atom. The highest BCUT2D eigenvalue weighted by atomic mass is 32.1. The Bertz CT molecular complexity index is 1230. The summed E-state index contributed by atoms with van der Waals surface area (Å²) in [6.07, 6.45) is 1.56. The van der Waals surface area contributed by atoms with Gasteiger partial charge in [-0.15, -0.1) is 11.3 Å². The standard InChI is InChI=1S/C24H21N3O3S/c28-22-9-4-12-27(22)15-17-6-3-5-16(13-17)14-25-23(29)19-10-11-20(30-19)24-26-18-7-1-2-8-21(18)31-24/h1-3,5-8,10-11,13H,4,9,12,14-15H2,(H,25,29). The molecule has 0 radical (unpaired) electrons. The van der Waals surface area contributed by atoms with Crippen LogP contribution in [0.1, 0.15) is 34.5 Å². The number of hydrogen-bond donors (Lipinski definition) is 1. The number of nitrogens with zero attached hydrogens (tertiary/aromatic N) is 2. The zero-order valence-corrected chi connectivity index (χ0v) is 17.7. The molecule has 1 aliphatic heterocycles. The van der Waals surface area contributed by atoms with E-state index in [0.717, 1.165) is 39.3 Å². The monoisotopic (exact) mass is 431 g/mol. The van der Waals surface area contributed by atoms with E-state index in [1.54, 1.807) is 12.1 Å². The normalized spacial score (nSPS) is 13.8. The number of benzene rings is 2. The smallest absolute Gasteiger partial charge is 0.287 e. The summed E-state index contributed by atoms with van der Waals surface area (Å²) in [5, 5.41) is 3.66. The molecule has 2 aromatic heterocycles. The lowest BCUT2D eigenvalue weighted by Gasteiger charge is -2.16. The Kier molecular flexibility index (Phi) is 5.26. The van der Waals surface area contributed by atoms with Gasteiger partial charge >= 0.3 is 0 Å². The van der Waals surface area contributed by atoms with Crippen LogP contribution in [0.2, 0.25) is 0 Å². The third-order valence-corrected chi connectivity index (χ3v) is 6.37. The summed E-state index contributed by atoms with van der Waals surface area (Å²) in [7, 11) is 0. The van der Waals surface area contributed by atoms with Crippen LogP contribution in [-0.4, -0.2) is 28.2 Å². The number of fused-ring (bicyclic) bond motifs is 1. The van der Waals surface area contributed by atoms with Gasteiger partial charge in [-0.3, -0.25) is 9.59 Å². The van der Waals surface area contributed by atoms with Crippen LogP contribution in [0.5, 0.6) is 0 Å². The molecule has 4 aromatic rings. The maximum atomic E-state index is 12.6. The minimum absolute atomic E-state index is 0.209. The highest BCUT2D eigenvalue weighted by Crippen LogP contribution is 2.31. The van der Waals surface area contributed by atoms with Crippen molar-refractivity contribution >= 4 is 33.4 Å². The highest BCUT2D eigenvalue weighted by molar-refractivity contribution is 7.21. The number of nitrogens with one attached hydrogen (secondary N) is 1. The van der Waals surface area contributed by atoms with E-state index in [1.807, 2.05) is 53.4 Å². The van der Waals surface area contributed by atoms with Crippen molar-refractivity contribution < 1.29 is 14.0 Å². The second kappa shape index (κ2) is 8.35. The van der Waals surface area contributed by atoms with Gasteiger partial charge in [0.05, 0.1) is 10.2 Å². The van der Waals surface area contributed by atoms with E-state index in [0.29, 0.717) is 25.3 Å². The van der Waals surface area contributed by atoms with Crippen molar-refractivity contribution in [1.82, 2.24) is 15.2 Å². The molecule has 0 atom stereocenters. The molecule has 6 nitrogen and oxygen atoms in total. The second-order valence-electron chi connectivity index (χ2n) is 7.57. The van der Waals surface area contributed by atoms with Crippen LogP contribution in [0.4, 0.5) is 0 Å². The van der Waals surface area contributed by atoms with Gasteiger partial charge in [0, 0.05) is 26.1 Å². The first-order chi connectivity index (χ1) is 15.2. The largest absolute Gasteiger partial charge is 0.448 e. The fourth-order valence-corrected chi connectivity index (χ4v) is 4.68. The van der Waals surface area contributed by atoms with Gasteiger partial charge < -0.3 is 14.6 Å². The zero-order chi connectivity index (χ0) is 21.2. The Hall–Kier alpha value is -3.45. The predicted octanol–water partition coefficient (Wildman–Crippen LogP) is 4.61. The summed E-state index contributed by atoms with van der Waals surface area (Å²) in [5.41, 5.74) is 2.97. The molecule has 1 aliphatic rings. The van der Waals surface area contributed by atoms with E-state index in [-0.39, 0.29) is 17.6 Å². The summed E-state index contributed by atoms with van der Waals surface area (Å²) in [6.45, 7) is 1.82. The topological polar surface area (TPSA) is 75.4 Å². The third kappa shape index (κ3) is 4.22. The maximum absolute atomic E-state index is 12.6. The molecule has 2 amide bonds. The van der Waals surface area contributed by atoms with E-state index in [4.69, 9.17) is 4.42 Å². The number of carbonyl (C=O) groups excluding carboxylic acids is 2. The summed E-state index contributed by atoms with van der Waals surface area (Å²) < 4.78 is 6.84. The first-order valence-electron chi connectivity index (χ1n) is 10.3. The number of carbonyl (C=O) groups is 2. The van der Waals surface area contributed by atoms with Gasteiger partial charge in [-0.2, -0.15) is 0 Å². The van der Waals surface area contributed by atoms with Crippen LogP contribution >= 0.6 is 11.3 Å². The van der Waals surface area contributed by atoms with Gasteiger partial charge in [0.1, 0.15) is 0 Å². The first-order valence-corrected chi connectivity index (χ1v) is 11.1. The fraction of sp³-hybridized carbons (Fsp3) is 0.208. The van der Waals surface area contributed by atoms with Crippen LogP contribution in [0, 0.1) is 0 Å². The Labute approximate surface area is 183 Å². The molecule has 0 unspecified atom stereocenters. The molecule has 1 fully saturated rings. The number of para-hydroxylation sites is 1. The van der Waals surface area contributed by atoms with Crippen molar-refractivity contribution in [3.8, 4) is 10.8 Å². The third-order valence-electron chi connectivity index (χ3n) is 5.32. The predicted molar refractivity (Wildman–Crippen MR) is 120 cm³/mol. The number of furan rings is 1. The molecule has 3 heterocycles. The molecular formula is C24H21N3O3S. The average molecular weight is 432 g/mol. The average Bonchev–Trinajstić information content (AvgIpc) is 3.52. The van der Waals surface area contributed by atoms with E-state index in [9.17, 15) is 9.59 Å². The zero-order valence-electron chi connectivity index (χ0n) is 16.8. The lowest BCUT2D eigenvalue weighted by atomic mass is 10.1. The summed E-state index contributed by atoms with van der Waals surface area (Å²) >= 11 is 1.54. The minimum Gasteiger partial charge on any atom is -0.448 e. The van der Waals surface area contributed by atoms with Crippen molar-refractivity contribution in [2.75, 3.05) is 6.54 Å². The fourth-order valence-electron chi connectivity index (χ4n) is 3.75. The van der Waals surface area contributed by atoms with E-state index < -0.39 is 0 Å². The lowest BCUT2D eigenvalue weighted by Crippen LogP contribution is -2.24. The van der Waals surface area contributed by atoms with Gasteiger partial charge in [0.25, 0.3) is 5.91 Å². The van der Waals surface area contributed by atoms with Gasteiger partial charge in [-0.05, 0) is 41.8 Å². The van der Waals surface area contributed by atoms with E-state index in [2.05, 4.69) is 10.3 Å². The molecule has 2 aromatic carbocycles. The van der Waals surface area contributed by atoms with Crippen LogP contribution < -0.4 is 5.32 Å². The number of rotatable bonds is 6. The highest BCUT2D eigenvalue weighted by Gasteiger charge is 2.20. The Balaban J connectivity index is 1.23. The number of thiazole rings is 1. The Morgan fingerprint density at radius 2 is 1.97 bits per heavy atom. The molecule has 0 saturated carbocycles. The van der Waals surface area contributed by atoms with Gasteiger partial charge in [-0.1, -0.05) is 36.4 Å². The molecule has 156 valence electrons. The number of amides is 2. The van der Waals surface area contributed by atoms with E-state index >= 15 is 0 Å². The minimum atomic E-state index is -0.271. The van der Waals surface area contributed by atoms with Crippen molar-refractivity contribution in [2.24, 2.45) is 0 Å². The molecule has 0 spiro atoms. The molecule has 5 rings (SSSR count). The van der Waals surface area contributed by atoms with Crippen molar-refractivity contribution in [3.05, 3.63) is 77.6 Å².